The zero-order chi connectivity index (χ0) is 18.7. The second-order valence-corrected chi connectivity index (χ2v) is 6.65. The average molecular weight is 374 g/mol. The SMILES string of the molecule is CN1Cc2cc(CNC(=O)Nc3ccc(CCO)c(Cl)c3)ccc2C1=O. The van der Waals surface area contributed by atoms with Gasteiger partial charge in [-0.3, -0.25) is 4.79 Å². The van der Waals surface area contributed by atoms with Gasteiger partial charge in [-0.1, -0.05) is 29.8 Å². The summed E-state index contributed by atoms with van der Waals surface area (Å²) >= 11 is 6.13. The predicted molar refractivity (Wildman–Crippen MR) is 100 cm³/mol. The molecule has 2 aromatic rings. The minimum absolute atomic E-state index is 0.0230. The van der Waals surface area contributed by atoms with E-state index in [9.17, 15) is 9.59 Å². The van der Waals surface area contributed by atoms with E-state index in [1.807, 2.05) is 12.1 Å². The van der Waals surface area contributed by atoms with E-state index in [1.165, 1.54) is 0 Å². The summed E-state index contributed by atoms with van der Waals surface area (Å²) < 4.78 is 0. The molecule has 0 radical (unpaired) electrons. The molecule has 0 unspecified atom stereocenters. The molecule has 1 heterocycles. The van der Waals surface area contributed by atoms with Crippen LogP contribution in [0.1, 0.15) is 27.0 Å². The van der Waals surface area contributed by atoms with Crippen LogP contribution in [0.15, 0.2) is 36.4 Å². The third kappa shape index (κ3) is 3.98. The zero-order valence-electron chi connectivity index (χ0n) is 14.4. The number of nitrogens with zero attached hydrogens (tertiary/aromatic N) is 1. The lowest BCUT2D eigenvalue weighted by Crippen LogP contribution is -2.28. The Bertz CT molecular complexity index is 854. The van der Waals surface area contributed by atoms with Crippen LogP contribution < -0.4 is 10.6 Å². The maximum absolute atomic E-state index is 12.1. The summed E-state index contributed by atoms with van der Waals surface area (Å²) in [5.41, 5.74) is 4.04. The number of anilines is 1. The largest absolute Gasteiger partial charge is 0.396 e. The lowest BCUT2D eigenvalue weighted by Gasteiger charge is -2.10. The Hall–Kier alpha value is -2.57. The Balaban J connectivity index is 1.57. The second kappa shape index (κ2) is 7.76. The molecule has 1 aliphatic rings. The number of halogens is 1. The van der Waals surface area contributed by atoms with Gasteiger partial charge in [0.05, 0.1) is 0 Å². The van der Waals surface area contributed by atoms with Crippen molar-refractivity contribution in [2.75, 3.05) is 19.0 Å². The summed E-state index contributed by atoms with van der Waals surface area (Å²) in [6.07, 6.45) is 0.474. The maximum Gasteiger partial charge on any atom is 0.319 e. The standard InChI is InChI=1S/C19H20ClN3O3/c1-23-11-14-8-12(2-5-16(14)18(23)25)10-21-19(26)22-15-4-3-13(6-7-24)17(20)9-15/h2-5,8-9,24H,6-7,10-11H2,1H3,(H2,21,22,26). The number of aliphatic hydroxyl groups is 1. The molecule has 0 aromatic heterocycles. The van der Waals surface area contributed by atoms with Crippen LogP contribution in [0.25, 0.3) is 0 Å². The number of rotatable bonds is 5. The van der Waals surface area contributed by atoms with E-state index in [0.717, 1.165) is 22.3 Å². The van der Waals surface area contributed by atoms with Gasteiger partial charge >= 0.3 is 6.03 Å². The van der Waals surface area contributed by atoms with Gasteiger partial charge in [-0.05, 0) is 41.3 Å². The first-order valence-corrected chi connectivity index (χ1v) is 8.67. The molecular weight excluding hydrogens is 354 g/mol. The third-order valence-electron chi connectivity index (χ3n) is 4.30. The second-order valence-electron chi connectivity index (χ2n) is 6.24. The maximum atomic E-state index is 12.1. The molecule has 1 aliphatic heterocycles. The van der Waals surface area contributed by atoms with Crippen molar-refractivity contribution >= 4 is 29.2 Å². The quantitative estimate of drug-likeness (QED) is 0.753. The van der Waals surface area contributed by atoms with E-state index in [1.54, 1.807) is 36.2 Å². The van der Waals surface area contributed by atoms with E-state index < -0.39 is 0 Å². The molecule has 0 saturated carbocycles. The molecule has 0 saturated heterocycles. The molecule has 7 heteroatoms. The smallest absolute Gasteiger partial charge is 0.319 e. The normalized spacial score (nSPS) is 12.9. The fourth-order valence-electron chi connectivity index (χ4n) is 2.94. The number of hydrogen-bond donors (Lipinski definition) is 3. The summed E-state index contributed by atoms with van der Waals surface area (Å²) in [5.74, 6) is 0.0266. The lowest BCUT2D eigenvalue weighted by molar-refractivity contribution is 0.0816. The van der Waals surface area contributed by atoms with E-state index in [4.69, 9.17) is 16.7 Å². The number of hydrogen-bond acceptors (Lipinski definition) is 3. The molecule has 0 atom stereocenters. The molecule has 2 aromatic carbocycles. The molecule has 0 fully saturated rings. The van der Waals surface area contributed by atoms with E-state index in [0.29, 0.717) is 30.2 Å². The minimum Gasteiger partial charge on any atom is -0.396 e. The Labute approximate surface area is 156 Å². The van der Waals surface area contributed by atoms with Crippen LogP contribution in [0.5, 0.6) is 0 Å². The zero-order valence-corrected chi connectivity index (χ0v) is 15.1. The number of fused-ring (bicyclic) bond motifs is 1. The topological polar surface area (TPSA) is 81.7 Å². The van der Waals surface area contributed by atoms with Gasteiger partial charge in [0.25, 0.3) is 5.91 Å². The molecular formula is C19H20ClN3O3. The van der Waals surface area contributed by atoms with Crippen molar-refractivity contribution in [3.8, 4) is 0 Å². The van der Waals surface area contributed by atoms with Crippen molar-refractivity contribution in [3.05, 3.63) is 63.7 Å². The van der Waals surface area contributed by atoms with Crippen molar-refractivity contribution in [1.82, 2.24) is 10.2 Å². The van der Waals surface area contributed by atoms with Gasteiger partial charge in [0.15, 0.2) is 0 Å². The third-order valence-corrected chi connectivity index (χ3v) is 4.65. The first kappa shape index (κ1) is 18.2. The van der Waals surface area contributed by atoms with Crippen LogP contribution in [0.4, 0.5) is 10.5 Å². The fraction of sp³-hybridized carbons (Fsp3) is 0.263. The van der Waals surface area contributed by atoms with Gasteiger partial charge < -0.3 is 20.6 Å². The Kier molecular flexibility index (Phi) is 5.44. The number of aliphatic hydroxyl groups excluding tert-OH is 1. The first-order valence-electron chi connectivity index (χ1n) is 8.29. The van der Waals surface area contributed by atoms with Gasteiger partial charge in [0, 0.05) is 43.0 Å². The van der Waals surface area contributed by atoms with Crippen LogP contribution in [-0.2, 0) is 19.5 Å². The number of urea groups is 1. The van der Waals surface area contributed by atoms with Crippen LogP contribution in [0.2, 0.25) is 5.02 Å². The minimum atomic E-state index is -0.343. The monoisotopic (exact) mass is 373 g/mol. The van der Waals surface area contributed by atoms with Gasteiger partial charge in [0.2, 0.25) is 0 Å². The predicted octanol–water partition coefficient (Wildman–Crippen LogP) is 2.78. The molecule has 0 spiro atoms. The summed E-state index contributed by atoms with van der Waals surface area (Å²) in [7, 11) is 1.77. The lowest BCUT2D eigenvalue weighted by atomic mass is 10.1. The number of carbonyl (C=O) groups excluding carboxylic acids is 2. The number of benzene rings is 2. The highest BCUT2D eigenvalue weighted by Gasteiger charge is 2.24. The molecule has 0 aliphatic carbocycles. The van der Waals surface area contributed by atoms with Crippen molar-refractivity contribution in [2.45, 2.75) is 19.5 Å². The van der Waals surface area contributed by atoms with Crippen molar-refractivity contribution < 1.29 is 14.7 Å². The van der Waals surface area contributed by atoms with Gasteiger partial charge in [-0.15, -0.1) is 0 Å². The number of nitrogens with one attached hydrogen (secondary N) is 2. The highest BCUT2D eigenvalue weighted by atomic mass is 35.5. The molecule has 3 rings (SSSR count). The van der Waals surface area contributed by atoms with E-state index in [2.05, 4.69) is 10.6 Å². The van der Waals surface area contributed by atoms with Crippen molar-refractivity contribution in [3.63, 3.8) is 0 Å². The highest BCUT2D eigenvalue weighted by Crippen LogP contribution is 2.23. The molecule has 0 bridgehead atoms. The Morgan fingerprint density at radius 3 is 2.81 bits per heavy atom. The average Bonchev–Trinajstić information content (AvgIpc) is 2.89. The number of carbonyl (C=O) groups is 2. The fourth-order valence-corrected chi connectivity index (χ4v) is 3.21. The van der Waals surface area contributed by atoms with Gasteiger partial charge in [-0.25, -0.2) is 4.79 Å². The molecule has 26 heavy (non-hydrogen) atoms. The van der Waals surface area contributed by atoms with Gasteiger partial charge in [0.1, 0.15) is 0 Å². The number of amides is 3. The molecule has 6 nitrogen and oxygen atoms in total. The Morgan fingerprint density at radius 1 is 1.27 bits per heavy atom. The summed E-state index contributed by atoms with van der Waals surface area (Å²) in [5, 5.41) is 15.0. The van der Waals surface area contributed by atoms with Crippen LogP contribution >= 0.6 is 11.6 Å². The summed E-state index contributed by atoms with van der Waals surface area (Å²) in [4.78, 5) is 25.6. The van der Waals surface area contributed by atoms with E-state index in [-0.39, 0.29) is 18.5 Å². The highest BCUT2D eigenvalue weighted by molar-refractivity contribution is 6.31. The van der Waals surface area contributed by atoms with Crippen molar-refractivity contribution in [2.24, 2.45) is 0 Å². The summed E-state index contributed by atoms with van der Waals surface area (Å²) in [6.45, 7) is 0.968. The first-order chi connectivity index (χ1) is 12.5. The molecule has 136 valence electrons. The summed E-state index contributed by atoms with van der Waals surface area (Å²) in [6, 6.07) is 10.4. The Morgan fingerprint density at radius 2 is 2.08 bits per heavy atom. The molecule has 3 amide bonds. The van der Waals surface area contributed by atoms with E-state index >= 15 is 0 Å². The van der Waals surface area contributed by atoms with Gasteiger partial charge in [-0.2, -0.15) is 0 Å². The van der Waals surface area contributed by atoms with Crippen LogP contribution in [-0.4, -0.2) is 35.6 Å². The van der Waals surface area contributed by atoms with Crippen LogP contribution in [0, 0.1) is 0 Å². The van der Waals surface area contributed by atoms with Crippen LogP contribution in [0.3, 0.4) is 0 Å². The molecule has 3 N–H and O–H groups in total. The van der Waals surface area contributed by atoms with Crippen molar-refractivity contribution in [1.29, 1.82) is 0 Å².